The highest BCUT2D eigenvalue weighted by atomic mass is 19.1. The van der Waals surface area contributed by atoms with Gasteiger partial charge in [-0.05, 0) is 54.8 Å². The van der Waals surface area contributed by atoms with E-state index in [-0.39, 0.29) is 30.3 Å². The van der Waals surface area contributed by atoms with Crippen LogP contribution in [0.25, 0.3) is 0 Å². The van der Waals surface area contributed by atoms with Gasteiger partial charge >= 0.3 is 0 Å². The molecule has 0 saturated carbocycles. The highest BCUT2D eigenvalue weighted by Crippen LogP contribution is 2.29. The molecule has 43 heavy (non-hydrogen) atoms. The van der Waals surface area contributed by atoms with Gasteiger partial charge in [-0.3, -0.25) is 4.79 Å². The number of carbonyl (C=O) groups is 1. The Labute approximate surface area is 253 Å². The molecule has 1 amide bonds. The van der Waals surface area contributed by atoms with E-state index in [1.54, 1.807) is 13.2 Å². The minimum absolute atomic E-state index is 0.0237. The van der Waals surface area contributed by atoms with Crippen molar-refractivity contribution in [1.82, 2.24) is 10.6 Å². The lowest BCUT2D eigenvalue weighted by atomic mass is 9.88. The third-order valence-electron chi connectivity index (χ3n) is 7.36. The summed E-state index contributed by atoms with van der Waals surface area (Å²) in [7, 11) is 1.66. The van der Waals surface area contributed by atoms with Crippen LogP contribution in [0.5, 0.6) is 17.2 Å². The fourth-order valence-electron chi connectivity index (χ4n) is 5.18. The largest absolute Gasteiger partial charge is 0.496 e. The molecule has 1 aliphatic rings. The number of halogens is 1. The fraction of sp³-hybridized carbons (Fsp3) is 0.441. The standard InChI is InChI=1S/C34H43FN2O6/c1-25(38)37-18-15-27-8-5-9-31(35)34(27)43-22-21-42-33-23-36-17-16-30(33)26-11-13-29(14-12-26)41-20-6-19-40-24-28-7-3-4-10-32(28)39-2/h3-5,7-14,30,33,36H,6,15-24H2,1-2H3,(H,37,38)/t30-,33+/m1/s1. The van der Waals surface area contributed by atoms with Crippen LogP contribution in [0.4, 0.5) is 4.39 Å². The van der Waals surface area contributed by atoms with Crippen LogP contribution in [0.15, 0.2) is 66.7 Å². The van der Waals surface area contributed by atoms with Gasteiger partial charge in [0.15, 0.2) is 11.6 Å². The average Bonchev–Trinajstić information content (AvgIpc) is 3.02. The number of hydrogen-bond acceptors (Lipinski definition) is 7. The molecule has 1 saturated heterocycles. The Morgan fingerprint density at radius 2 is 1.77 bits per heavy atom. The van der Waals surface area contributed by atoms with Crippen molar-refractivity contribution in [2.75, 3.05) is 53.2 Å². The Morgan fingerprint density at radius 3 is 2.58 bits per heavy atom. The van der Waals surface area contributed by atoms with Crippen LogP contribution in [-0.4, -0.2) is 65.2 Å². The van der Waals surface area contributed by atoms with Gasteiger partial charge in [-0.25, -0.2) is 4.39 Å². The lowest BCUT2D eigenvalue weighted by Gasteiger charge is -2.32. The van der Waals surface area contributed by atoms with Crippen molar-refractivity contribution < 1.29 is 32.9 Å². The maximum Gasteiger partial charge on any atom is 0.216 e. The maximum atomic E-state index is 14.5. The van der Waals surface area contributed by atoms with Crippen LogP contribution in [0, 0.1) is 5.82 Å². The second-order valence-corrected chi connectivity index (χ2v) is 10.5. The summed E-state index contributed by atoms with van der Waals surface area (Å²) in [5, 5.41) is 6.15. The number of carbonyl (C=O) groups excluding carboxylic acids is 1. The number of hydrogen-bond donors (Lipinski definition) is 2. The zero-order chi connectivity index (χ0) is 30.3. The quantitative estimate of drug-likeness (QED) is 0.212. The summed E-state index contributed by atoms with van der Waals surface area (Å²) in [5.41, 5.74) is 2.95. The molecule has 2 N–H and O–H groups in total. The number of para-hydroxylation sites is 2. The summed E-state index contributed by atoms with van der Waals surface area (Å²) in [6.45, 7) is 5.78. The molecule has 2 atom stereocenters. The summed E-state index contributed by atoms with van der Waals surface area (Å²) in [6.07, 6.45) is 2.20. The Morgan fingerprint density at radius 1 is 0.953 bits per heavy atom. The first-order chi connectivity index (χ1) is 21.0. The van der Waals surface area contributed by atoms with Gasteiger partial charge in [0.1, 0.15) is 18.1 Å². The van der Waals surface area contributed by atoms with E-state index >= 15 is 0 Å². The van der Waals surface area contributed by atoms with E-state index < -0.39 is 5.82 Å². The molecule has 3 aromatic carbocycles. The zero-order valence-corrected chi connectivity index (χ0v) is 25.1. The molecule has 0 unspecified atom stereocenters. The van der Waals surface area contributed by atoms with Crippen LogP contribution in [0.3, 0.4) is 0 Å². The molecule has 0 aliphatic carbocycles. The number of benzene rings is 3. The van der Waals surface area contributed by atoms with Crippen molar-refractivity contribution in [1.29, 1.82) is 0 Å². The summed E-state index contributed by atoms with van der Waals surface area (Å²) < 4.78 is 43.6. The summed E-state index contributed by atoms with van der Waals surface area (Å²) >= 11 is 0. The summed E-state index contributed by atoms with van der Waals surface area (Å²) in [5.74, 6) is 1.58. The minimum Gasteiger partial charge on any atom is -0.496 e. The van der Waals surface area contributed by atoms with Crippen molar-refractivity contribution >= 4 is 5.91 Å². The van der Waals surface area contributed by atoms with Gasteiger partial charge in [-0.2, -0.15) is 0 Å². The van der Waals surface area contributed by atoms with Crippen LogP contribution in [0.2, 0.25) is 0 Å². The normalized spacial score (nSPS) is 16.4. The van der Waals surface area contributed by atoms with Crippen LogP contribution in [-0.2, 0) is 27.3 Å². The van der Waals surface area contributed by atoms with Crippen molar-refractivity contribution in [2.24, 2.45) is 0 Å². The van der Waals surface area contributed by atoms with Gasteiger partial charge in [0.2, 0.25) is 5.91 Å². The Bertz CT molecular complexity index is 1270. The number of rotatable bonds is 17. The molecule has 4 rings (SSSR count). The first kappa shape index (κ1) is 32.3. The summed E-state index contributed by atoms with van der Waals surface area (Å²) in [4.78, 5) is 11.2. The molecular weight excluding hydrogens is 551 g/mol. The van der Waals surface area contributed by atoms with Crippen LogP contribution < -0.4 is 24.8 Å². The molecular formula is C34H43FN2O6. The van der Waals surface area contributed by atoms with Gasteiger partial charge in [0.05, 0.1) is 39.6 Å². The Balaban J connectivity index is 1.19. The molecule has 1 fully saturated rings. The number of methoxy groups -OCH3 is 1. The SMILES string of the molecule is COc1ccccc1COCCCOc1ccc([C@H]2CCNC[C@@H]2OCCOc2c(F)cccc2CCNC(C)=O)cc1. The molecule has 8 nitrogen and oxygen atoms in total. The van der Waals surface area contributed by atoms with E-state index in [0.717, 1.165) is 43.0 Å². The molecule has 3 aromatic rings. The molecule has 0 radical (unpaired) electrons. The summed E-state index contributed by atoms with van der Waals surface area (Å²) in [6, 6.07) is 20.9. The predicted octanol–water partition coefficient (Wildman–Crippen LogP) is 5.04. The van der Waals surface area contributed by atoms with Crippen molar-refractivity contribution in [3.05, 3.63) is 89.2 Å². The Kier molecular flexibility index (Phi) is 13.1. The van der Waals surface area contributed by atoms with Crippen LogP contribution in [0.1, 0.15) is 42.4 Å². The fourth-order valence-corrected chi connectivity index (χ4v) is 5.18. The van der Waals surface area contributed by atoms with E-state index in [1.807, 2.05) is 42.5 Å². The maximum absolute atomic E-state index is 14.5. The molecule has 0 aromatic heterocycles. The number of nitrogens with one attached hydrogen (secondary N) is 2. The first-order valence-electron chi connectivity index (χ1n) is 14.9. The third-order valence-corrected chi connectivity index (χ3v) is 7.36. The smallest absolute Gasteiger partial charge is 0.216 e. The van der Waals surface area contributed by atoms with Crippen LogP contribution >= 0.6 is 0 Å². The van der Waals surface area contributed by atoms with Gasteiger partial charge in [0.25, 0.3) is 0 Å². The van der Waals surface area contributed by atoms with Gasteiger partial charge in [-0.1, -0.05) is 42.5 Å². The third kappa shape index (κ3) is 10.2. The van der Waals surface area contributed by atoms with Crippen molar-refractivity contribution in [3.8, 4) is 17.2 Å². The molecule has 9 heteroatoms. The van der Waals surface area contributed by atoms with Crippen molar-refractivity contribution in [3.63, 3.8) is 0 Å². The predicted molar refractivity (Wildman–Crippen MR) is 163 cm³/mol. The highest BCUT2D eigenvalue weighted by molar-refractivity contribution is 5.72. The van der Waals surface area contributed by atoms with Gasteiger partial charge < -0.3 is 34.3 Å². The molecule has 232 valence electrons. The second kappa shape index (κ2) is 17.5. The molecule has 1 heterocycles. The number of ether oxygens (including phenoxy) is 5. The van der Waals surface area contributed by atoms with E-state index in [4.69, 9.17) is 23.7 Å². The van der Waals surface area contributed by atoms with E-state index in [1.165, 1.54) is 18.6 Å². The number of piperidine rings is 1. The Hall–Kier alpha value is -3.66. The van der Waals surface area contributed by atoms with Gasteiger partial charge in [-0.15, -0.1) is 0 Å². The molecule has 0 bridgehead atoms. The van der Waals surface area contributed by atoms with Crippen molar-refractivity contribution in [2.45, 2.75) is 44.8 Å². The lowest BCUT2D eigenvalue weighted by Crippen LogP contribution is -2.41. The average molecular weight is 595 g/mol. The molecule has 0 spiro atoms. The second-order valence-electron chi connectivity index (χ2n) is 10.5. The number of amides is 1. The molecule has 1 aliphatic heterocycles. The highest BCUT2D eigenvalue weighted by Gasteiger charge is 2.27. The van der Waals surface area contributed by atoms with Gasteiger partial charge in [0, 0.05) is 37.9 Å². The van der Waals surface area contributed by atoms with E-state index in [9.17, 15) is 9.18 Å². The minimum atomic E-state index is -0.416. The zero-order valence-electron chi connectivity index (χ0n) is 25.1. The first-order valence-corrected chi connectivity index (χ1v) is 14.9. The monoisotopic (exact) mass is 594 g/mol. The topological polar surface area (TPSA) is 87.3 Å². The van der Waals surface area contributed by atoms with E-state index in [0.29, 0.717) is 45.0 Å². The van der Waals surface area contributed by atoms with E-state index in [2.05, 4.69) is 22.8 Å². The lowest BCUT2D eigenvalue weighted by molar-refractivity contribution is -0.118.